The molecule has 0 aromatic rings. The molecule has 2 heterocycles. The fraction of sp³-hybridized carbons (Fsp3) is 0.938. The van der Waals surface area contributed by atoms with E-state index >= 15 is 0 Å². The highest BCUT2D eigenvalue weighted by Gasteiger charge is 2.38. The molecule has 2 rings (SSSR count). The Balaban J connectivity index is 1.88. The first-order chi connectivity index (χ1) is 10.1. The predicted molar refractivity (Wildman–Crippen MR) is 90.6 cm³/mol. The lowest BCUT2D eigenvalue weighted by molar-refractivity contribution is -0.130. The molecule has 2 saturated heterocycles. The van der Waals surface area contributed by atoms with Crippen LogP contribution in [0, 0.1) is 5.92 Å². The lowest BCUT2D eigenvalue weighted by Gasteiger charge is -2.30. The van der Waals surface area contributed by atoms with Crippen LogP contribution in [0.3, 0.4) is 0 Å². The van der Waals surface area contributed by atoms with Gasteiger partial charge in [0.25, 0.3) is 0 Å². The number of carbonyl (C=O) groups excluding carboxylic acids is 1. The zero-order valence-electron chi connectivity index (χ0n) is 13.8. The summed E-state index contributed by atoms with van der Waals surface area (Å²) < 4.78 is 0. The molecule has 1 amide bonds. The quantitative estimate of drug-likeness (QED) is 0.780. The molecule has 0 aromatic carbocycles. The second-order valence-electron chi connectivity index (χ2n) is 6.64. The fourth-order valence-electron chi connectivity index (χ4n) is 3.24. The molecule has 2 unspecified atom stereocenters. The maximum atomic E-state index is 12.6. The minimum Gasteiger partial charge on any atom is -0.325 e. The van der Waals surface area contributed by atoms with Crippen molar-refractivity contribution in [2.24, 2.45) is 5.92 Å². The number of nitrogens with one attached hydrogen (secondary N) is 1. The van der Waals surface area contributed by atoms with Gasteiger partial charge in [-0.05, 0) is 18.8 Å². The SMILES string of the molecule is CCCC1NC(CC(C)C)C(=O)N1CCN1CCSCC1. The van der Waals surface area contributed by atoms with E-state index in [0.717, 1.165) is 32.4 Å². The summed E-state index contributed by atoms with van der Waals surface area (Å²) in [7, 11) is 0. The molecule has 21 heavy (non-hydrogen) atoms. The Hall–Kier alpha value is -0.260. The van der Waals surface area contributed by atoms with Gasteiger partial charge in [0.05, 0.1) is 12.2 Å². The van der Waals surface area contributed by atoms with Crippen LogP contribution in [0.25, 0.3) is 0 Å². The molecule has 0 radical (unpaired) electrons. The third-order valence-corrected chi connectivity index (χ3v) is 5.32. The van der Waals surface area contributed by atoms with E-state index in [4.69, 9.17) is 0 Å². The van der Waals surface area contributed by atoms with E-state index in [1.165, 1.54) is 24.6 Å². The van der Waals surface area contributed by atoms with Crippen LogP contribution >= 0.6 is 11.8 Å². The average molecular weight is 314 g/mol. The van der Waals surface area contributed by atoms with E-state index in [-0.39, 0.29) is 12.2 Å². The molecular formula is C16H31N3OS. The molecule has 2 aliphatic heterocycles. The summed E-state index contributed by atoms with van der Waals surface area (Å²) >= 11 is 2.04. The summed E-state index contributed by atoms with van der Waals surface area (Å²) in [6.45, 7) is 10.8. The van der Waals surface area contributed by atoms with Crippen molar-refractivity contribution in [2.45, 2.75) is 52.2 Å². The van der Waals surface area contributed by atoms with Gasteiger partial charge in [-0.15, -0.1) is 0 Å². The molecule has 0 spiro atoms. The number of amides is 1. The smallest absolute Gasteiger partial charge is 0.241 e. The third-order valence-electron chi connectivity index (χ3n) is 4.38. The van der Waals surface area contributed by atoms with E-state index in [9.17, 15) is 4.79 Å². The standard InChI is InChI=1S/C16H31N3OS/c1-4-5-15-17-14(12-13(2)3)16(20)19(15)7-6-18-8-10-21-11-9-18/h13-15,17H,4-12H2,1-3H3. The van der Waals surface area contributed by atoms with Gasteiger partial charge in [-0.3, -0.25) is 15.0 Å². The second kappa shape index (κ2) is 8.39. The number of thioether (sulfide) groups is 1. The first-order valence-electron chi connectivity index (χ1n) is 8.48. The largest absolute Gasteiger partial charge is 0.325 e. The zero-order chi connectivity index (χ0) is 15.2. The second-order valence-corrected chi connectivity index (χ2v) is 7.86. The van der Waals surface area contributed by atoms with Crippen molar-refractivity contribution in [3.8, 4) is 0 Å². The first-order valence-corrected chi connectivity index (χ1v) is 9.64. The minimum absolute atomic E-state index is 0.0402. The zero-order valence-corrected chi connectivity index (χ0v) is 14.6. The van der Waals surface area contributed by atoms with Gasteiger partial charge in [0.1, 0.15) is 0 Å². The highest BCUT2D eigenvalue weighted by atomic mass is 32.2. The third kappa shape index (κ3) is 4.86. The van der Waals surface area contributed by atoms with Crippen molar-refractivity contribution in [3.05, 3.63) is 0 Å². The van der Waals surface area contributed by atoms with E-state index < -0.39 is 0 Å². The van der Waals surface area contributed by atoms with Crippen LogP contribution in [-0.2, 0) is 4.79 Å². The van der Waals surface area contributed by atoms with Crippen LogP contribution in [-0.4, -0.2) is 65.6 Å². The van der Waals surface area contributed by atoms with Crippen molar-refractivity contribution < 1.29 is 4.79 Å². The van der Waals surface area contributed by atoms with Crippen molar-refractivity contribution in [1.29, 1.82) is 0 Å². The van der Waals surface area contributed by atoms with Gasteiger partial charge < -0.3 is 4.90 Å². The van der Waals surface area contributed by atoms with Gasteiger partial charge in [-0.25, -0.2) is 0 Å². The summed E-state index contributed by atoms with van der Waals surface area (Å²) in [6, 6.07) is 0.0402. The van der Waals surface area contributed by atoms with Gasteiger partial charge in [0, 0.05) is 37.7 Å². The van der Waals surface area contributed by atoms with Gasteiger partial charge >= 0.3 is 0 Å². The molecular weight excluding hydrogens is 282 g/mol. The van der Waals surface area contributed by atoms with E-state index in [2.05, 4.69) is 35.9 Å². The maximum Gasteiger partial charge on any atom is 0.241 e. The van der Waals surface area contributed by atoms with Crippen LogP contribution < -0.4 is 5.32 Å². The molecule has 2 aliphatic rings. The summed E-state index contributed by atoms with van der Waals surface area (Å²) in [4.78, 5) is 17.3. The summed E-state index contributed by atoms with van der Waals surface area (Å²) in [5.74, 6) is 3.36. The summed E-state index contributed by atoms with van der Waals surface area (Å²) in [5.41, 5.74) is 0. The number of rotatable bonds is 7. The van der Waals surface area contributed by atoms with E-state index in [1.807, 2.05) is 11.8 Å². The van der Waals surface area contributed by atoms with Crippen LogP contribution in [0.5, 0.6) is 0 Å². The Morgan fingerprint density at radius 3 is 2.62 bits per heavy atom. The first kappa shape index (κ1) is 17.1. The Morgan fingerprint density at radius 2 is 2.00 bits per heavy atom. The molecule has 5 heteroatoms. The van der Waals surface area contributed by atoms with E-state index in [1.54, 1.807) is 0 Å². The summed E-state index contributed by atoms with van der Waals surface area (Å²) in [5, 5.41) is 3.56. The van der Waals surface area contributed by atoms with Crippen LogP contribution in [0.4, 0.5) is 0 Å². The lowest BCUT2D eigenvalue weighted by Crippen LogP contribution is -2.44. The lowest BCUT2D eigenvalue weighted by atomic mass is 10.0. The molecule has 1 N–H and O–H groups in total. The highest BCUT2D eigenvalue weighted by Crippen LogP contribution is 2.20. The van der Waals surface area contributed by atoms with Gasteiger partial charge in [0.15, 0.2) is 0 Å². The Labute approximate surface area is 134 Å². The predicted octanol–water partition coefficient (Wildman–Crippen LogP) is 2.01. The van der Waals surface area contributed by atoms with Crippen molar-refractivity contribution in [3.63, 3.8) is 0 Å². The average Bonchev–Trinajstić information content (AvgIpc) is 2.74. The van der Waals surface area contributed by atoms with Crippen molar-refractivity contribution >= 4 is 17.7 Å². The molecule has 0 aliphatic carbocycles. The number of nitrogens with zero attached hydrogens (tertiary/aromatic N) is 2. The number of hydrogen-bond donors (Lipinski definition) is 1. The minimum atomic E-state index is 0.0402. The van der Waals surface area contributed by atoms with Crippen molar-refractivity contribution in [2.75, 3.05) is 37.7 Å². The molecule has 2 atom stereocenters. The molecule has 0 bridgehead atoms. The Bertz CT molecular complexity index is 331. The summed E-state index contributed by atoms with van der Waals surface area (Å²) in [6.07, 6.45) is 3.40. The van der Waals surface area contributed by atoms with Crippen LogP contribution in [0.2, 0.25) is 0 Å². The van der Waals surface area contributed by atoms with E-state index in [0.29, 0.717) is 11.8 Å². The molecule has 4 nitrogen and oxygen atoms in total. The molecule has 2 fully saturated rings. The van der Waals surface area contributed by atoms with Gasteiger partial charge in [-0.2, -0.15) is 11.8 Å². The topological polar surface area (TPSA) is 35.6 Å². The number of carbonyl (C=O) groups is 1. The van der Waals surface area contributed by atoms with Gasteiger partial charge in [-0.1, -0.05) is 27.2 Å². The van der Waals surface area contributed by atoms with Crippen LogP contribution in [0.15, 0.2) is 0 Å². The van der Waals surface area contributed by atoms with Crippen molar-refractivity contribution in [1.82, 2.24) is 15.1 Å². The van der Waals surface area contributed by atoms with Crippen LogP contribution in [0.1, 0.15) is 40.0 Å². The monoisotopic (exact) mass is 313 g/mol. The Morgan fingerprint density at radius 1 is 1.29 bits per heavy atom. The number of hydrogen-bond acceptors (Lipinski definition) is 4. The highest BCUT2D eigenvalue weighted by molar-refractivity contribution is 7.99. The normalized spacial score (nSPS) is 27.8. The molecule has 122 valence electrons. The Kier molecular flexibility index (Phi) is 6.83. The molecule has 0 aromatic heterocycles. The van der Waals surface area contributed by atoms with Gasteiger partial charge in [0.2, 0.25) is 5.91 Å². The fourth-order valence-corrected chi connectivity index (χ4v) is 4.22. The molecule has 0 saturated carbocycles. The maximum absolute atomic E-state index is 12.6.